The molecule has 1 aromatic carbocycles. The van der Waals surface area contributed by atoms with Gasteiger partial charge in [-0.1, -0.05) is 38.1 Å². The summed E-state index contributed by atoms with van der Waals surface area (Å²) in [6.45, 7) is 6.55. The summed E-state index contributed by atoms with van der Waals surface area (Å²) in [7, 11) is 0. The SMILES string of the molecule is Cc1sc(=S)[nH]c1-c1ccccc1C(C)C. The third-order valence-electron chi connectivity index (χ3n) is 2.68. The summed E-state index contributed by atoms with van der Waals surface area (Å²) in [6, 6.07) is 8.52. The Morgan fingerprint density at radius 1 is 1.25 bits per heavy atom. The highest BCUT2D eigenvalue weighted by Crippen LogP contribution is 2.31. The van der Waals surface area contributed by atoms with Crippen molar-refractivity contribution in [3.05, 3.63) is 38.7 Å². The second-order valence-electron chi connectivity index (χ2n) is 4.19. The summed E-state index contributed by atoms with van der Waals surface area (Å²) in [4.78, 5) is 4.55. The highest BCUT2D eigenvalue weighted by atomic mass is 32.1. The molecule has 3 heteroatoms. The molecule has 0 amide bonds. The van der Waals surface area contributed by atoms with Crippen molar-refractivity contribution >= 4 is 23.6 Å². The summed E-state index contributed by atoms with van der Waals surface area (Å²) in [5, 5.41) is 0. The molecule has 0 atom stereocenters. The number of aromatic nitrogens is 1. The monoisotopic (exact) mass is 249 g/mol. The van der Waals surface area contributed by atoms with Gasteiger partial charge in [0.2, 0.25) is 0 Å². The van der Waals surface area contributed by atoms with E-state index >= 15 is 0 Å². The fourth-order valence-corrected chi connectivity index (χ4v) is 3.06. The van der Waals surface area contributed by atoms with Crippen LogP contribution in [0.5, 0.6) is 0 Å². The number of thiazole rings is 1. The Bertz CT molecular complexity index is 549. The number of benzene rings is 1. The summed E-state index contributed by atoms with van der Waals surface area (Å²) < 4.78 is 0.853. The van der Waals surface area contributed by atoms with Crippen LogP contribution >= 0.6 is 23.6 Å². The standard InChI is InChI=1S/C13H15NS2/c1-8(2)10-6-4-5-7-11(10)12-9(3)16-13(15)14-12/h4-8H,1-3H3,(H,14,15). The minimum Gasteiger partial charge on any atom is -0.337 e. The van der Waals surface area contributed by atoms with Gasteiger partial charge in [-0.2, -0.15) is 0 Å². The van der Waals surface area contributed by atoms with Crippen LogP contribution in [0, 0.1) is 10.9 Å². The molecule has 1 nitrogen and oxygen atoms in total. The maximum Gasteiger partial charge on any atom is 0.159 e. The Kier molecular flexibility index (Phi) is 3.26. The van der Waals surface area contributed by atoms with Crippen molar-refractivity contribution in [2.24, 2.45) is 0 Å². The first kappa shape index (κ1) is 11.6. The number of aromatic amines is 1. The molecule has 16 heavy (non-hydrogen) atoms. The van der Waals surface area contributed by atoms with Crippen molar-refractivity contribution in [2.45, 2.75) is 26.7 Å². The van der Waals surface area contributed by atoms with Crippen molar-refractivity contribution in [3.8, 4) is 11.3 Å². The van der Waals surface area contributed by atoms with Crippen molar-refractivity contribution in [2.75, 3.05) is 0 Å². The lowest BCUT2D eigenvalue weighted by molar-refractivity contribution is 0.868. The van der Waals surface area contributed by atoms with E-state index < -0.39 is 0 Å². The first-order valence-electron chi connectivity index (χ1n) is 5.38. The molecule has 0 saturated heterocycles. The van der Waals surface area contributed by atoms with E-state index in [2.05, 4.69) is 50.0 Å². The molecule has 0 fully saturated rings. The van der Waals surface area contributed by atoms with Gasteiger partial charge in [-0.05, 0) is 30.6 Å². The lowest BCUT2D eigenvalue weighted by atomic mass is 9.95. The first-order chi connectivity index (χ1) is 7.59. The maximum absolute atomic E-state index is 5.19. The highest BCUT2D eigenvalue weighted by Gasteiger charge is 2.11. The summed E-state index contributed by atoms with van der Waals surface area (Å²) in [5.74, 6) is 0.525. The highest BCUT2D eigenvalue weighted by molar-refractivity contribution is 7.73. The second-order valence-corrected chi connectivity index (χ2v) is 6.08. The van der Waals surface area contributed by atoms with Gasteiger partial charge in [-0.15, -0.1) is 11.3 Å². The van der Waals surface area contributed by atoms with Gasteiger partial charge < -0.3 is 4.98 Å². The lowest BCUT2D eigenvalue weighted by Crippen LogP contribution is -1.92. The summed E-state index contributed by atoms with van der Waals surface area (Å²) >= 11 is 6.84. The van der Waals surface area contributed by atoms with Gasteiger partial charge in [-0.25, -0.2) is 0 Å². The van der Waals surface area contributed by atoms with Crippen molar-refractivity contribution in [3.63, 3.8) is 0 Å². The van der Waals surface area contributed by atoms with E-state index in [-0.39, 0.29) is 0 Å². The number of hydrogen-bond donors (Lipinski definition) is 1. The van der Waals surface area contributed by atoms with E-state index in [1.54, 1.807) is 11.3 Å². The predicted octanol–water partition coefficient (Wildman–Crippen LogP) is 4.90. The topological polar surface area (TPSA) is 15.8 Å². The quantitative estimate of drug-likeness (QED) is 0.748. The minimum atomic E-state index is 0.525. The molecule has 0 bridgehead atoms. The van der Waals surface area contributed by atoms with Gasteiger partial charge in [0.25, 0.3) is 0 Å². The van der Waals surface area contributed by atoms with Gasteiger partial charge in [0, 0.05) is 10.4 Å². The lowest BCUT2D eigenvalue weighted by Gasteiger charge is -2.11. The molecule has 1 aromatic heterocycles. The predicted molar refractivity (Wildman–Crippen MR) is 73.8 cm³/mol. The maximum atomic E-state index is 5.19. The Morgan fingerprint density at radius 2 is 1.94 bits per heavy atom. The van der Waals surface area contributed by atoms with Gasteiger partial charge in [0.05, 0.1) is 5.69 Å². The Morgan fingerprint density at radius 3 is 2.50 bits per heavy atom. The van der Waals surface area contributed by atoms with Gasteiger partial charge in [0.1, 0.15) is 0 Å². The van der Waals surface area contributed by atoms with Crippen LogP contribution in [0.3, 0.4) is 0 Å². The van der Waals surface area contributed by atoms with E-state index in [0.717, 1.165) is 3.95 Å². The average molecular weight is 249 g/mol. The molecule has 84 valence electrons. The number of aryl methyl sites for hydroxylation is 1. The molecule has 0 unspecified atom stereocenters. The zero-order valence-corrected chi connectivity index (χ0v) is 11.3. The number of hydrogen-bond acceptors (Lipinski definition) is 2. The normalized spacial score (nSPS) is 11.0. The third kappa shape index (κ3) is 2.11. The zero-order valence-electron chi connectivity index (χ0n) is 9.70. The smallest absolute Gasteiger partial charge is 0.159 e. The van der Waals surface area contributed by atoms with Crippen LogP contribution in [0.4, 0.5) is 0 Å². The number of nitrogens with one attached hydrogen (secondary N) is 1. The fourth-order valence-electron chi connectivity index (χ4n) is 1.89. The van der Waals surface area contributed by atoms with Crippen LogP contribution in [0.1, 0.15) is 30.2 Å². The molecule has 1 heterocycles. The molecule has 0 aliphatic heterocycles. The van der Waals surface area contributed by atoms with E-state index in [0.29, 0.717) is 5.92 Å². The Balaban J connectivity index is 2.64. The summed E-state index contributed by atoms with van der Waals surface area (Å²) in [5.41, 5.74) is 3.83. The minimum absolute atomic E-state index is 0.525. The number of H-pyrrole nitrogens is 1. The van der Waals surface area contributed by atoms with Crippen molar-refractivity contribution < 1.29 is 0 Å². The van der Waals surface area contributed by atoms with E-state index in [1.807, 2.05) is 0 Å². The fraction of sp³-hybridized carbons (Fsp3) is 0.308. The molecule has 0 aliphatic carbocycles. The Hall–Kier alpha value is -0.930. The molecular formula is C13H15NS2. The summed E-state index contributed by atoms with van der Waals surface area (Å²) in [6.07, 6.45) is 0. The van der Waals surface area contributed by atoms with Gasteiger partial charge in [-0.3, -0.25) is 0 Å². The van der Waals surface area contributed by atoms with Crippen LogP contribution in [-0.2, 0) is 0 Å². The van der Waals surface area contributed by atoms with Crippen LogP contribution in [0.15, 0.2) is 24.3 Å². The molecule has 1 N–H and O–H groups in total. The third-order valence-corrected chi connectivity index (χ3v) is 3.83. The molecule has 0 saturated carbocycles. The van der Waals surface area contributed by atoms with E-state index in [9.17, 15) is 0 Å². The van der Waals surface area contributed by atoms with Gasteiger partial charge in [0.15, 0.2) is 3.95 Å². The van der Waals surface area contributed by atoms with Crippen LogP contribution < -0.4 is 0 Å². The molecule has 0 spiro atoms. The first-order valence-corrected chi connectivity index (χ1v) is 6.61. The second kappa shape index (κ2) is 4.52. The zero-order chi connectivity index (χ0) is 11.7. The van der Waals surface area contributed by atoms with Crippen molar-refractivity contribution in [1.29, 1.82) is 0 Å². The molecule has 2 rings (SSSR count). The molecule has 0 aliphatic rings. The molecule has 0 radical (unpaired) electrons. The van der Waals surface area contributed by atoms with E-state index in [4.69, 9.17) is 12.2 Å². The van der Waals surface area contributed by atoms with Crippen LogP contribution in [0.25, 0.3) is 11.3 Å². The van der Waals surface area contributed by atoms with Crippen molar-refractivity contribution in [1.82, 2.24) is 4.98 Å². The number of rotatable bonds is 2. The van der Waals surface area contributed by atoms with E-state index in [1.165, 1.54) is 21.7 Å². The van der Waals surface area contributed by atoms with Gasteiger partial charge >= 0.3 is 0 Å². The largest absolute Gasteiger partial charge is 0.337 e. The molecular weight excluding hydrogens is 234 g/mol. The molecule has 2 aromatic rings. The van der Waals surface area contributed by atoms with Crippen LogP contribution in [-0.4, -0.2) is 4.98 Å². The Labute approximate surface area is 105 Å². The van der Waals surface area contributed by atoms with Crippen LogP contribution in [0.2, 0.25) is 0 Å². The average Bonchev–Trinajstić information content (AvgIpc) is 2.57.